The molecule has 2 aromatic heterocycles. The van der Waals surface area contributed by atoms with Crippen LogP contribution in [0.4, 0.5) is 4.79 Å². The van der Waals surface area contributed by atoms with Crippen molar-refractivity contribution < 1.29 is 23.1 Å². The second-order valence-corrected chi connectivity index (χ2v) is 10.7. The summed E-state index contributed by atoms with van der Waals surface area (Å²) in [5.41, 5.74) is 0.743. The van der Waals surface area contributed by atoms with E-state index in [0.717, 1.165) is 12.8 Å². The van der Waals surface area contributed by atoms with Crippen LogP contribution in [0.15, 0.2) is 59.8 Å². The van der Waals surface area contributed by atoms with Crippen molar-refractivity contribution in [1.29, 1.82) is 0 Å². The van der Waals surface area contributed by atoms with Gasteiger partial charge in [-0.05, 0) is 55.9 Å². The van der Waals surface area contributed by atoms with Gasteiger partial charge in [0.15, 0.2) is 0 Å². The number of hydrogen-bond acceptors (Lipinski definition) is 5. The fourth-order valence-electron chi connectivity index (χ4n) is 4.73. The highest BCUT2D eigenvalue weighted by molar-refractivity contribution is 7.90. The van der Waals surface area contributed by atoms with Crippen molar-refractivity contribution in [2.24, 2.45) is 5.41 Å². The predicted octanol–water partition coefficient (Wildman–Crippen LogP) is 2.98. The van der Waals surface area contributed by atoms with Crippen LogP contribution in [0.2, 0.25) is 0 Å². The normalized spacial score (nSPS) is 20.2. The molecule has 9 nitrogen and oxygen atoms in total. The van der Waals surface area contributed by atoms with Gasteiger partial charge in [0.1, 0.15) is 6.04 Å². The van der Waals surface area contributed by atoms with Crippen LogP contribution in [0.3, 0.4) is 0 Å². The smallest absolute Gasteiger partial charge is 0.407 e. The molecule has 2 N–H and O–H groups in total. The standard InChI is InChI=1S/C23H24N4O5S/c1-15(25-21(28)20-12-23(8-9-23)14-26(20)22(29)30)19-11-16-13-24-10-7-18(16)27(19)33(31,32)17-5-3-2-4-6-17/h2-7,10-11,13,15,20H,8-9,12,14H2,1H3,(H,25,28)(H,29,30)/t15-,20?/m1/s1. The highest BCUT2D eigenvalue weighted by Gasteiger charge is 2.55. The maximum absolute atomic E-state index is 13.6. The minimum Gasteiger partial charge on any atom is -0.465 e. The third-order valence-electron chi connectivity index (χ3n) is 6.68. The predicted molar refractivity (Wildman–Crippen MR) is 120 cm³/mol. The molecule has 0 bridgehead atoms. The molecule has 10 heteroatoms. The van der Waals surface area contributed by atoms with E-state index in [1.807, 2.05) is 0 Å². The fourth-order valence-corrected chi connectivity index (χ4v) is 6.36. The van der Waals surface area contributed by atoms with E-state index in [-0.39, 0.29) is 10.3 Å². The number of nitrogens with one attached hydrogen (secondary N) is 1. The molecule has 1 aliphatic carbocycles. The maximum Gasteiger partial charge on any atom is 0.407 e. The zero-order valence-corrected chi connectivity index (χ0v) is 18.8. The third kappa shape index (κ3) is 3.64. The van der Waals surface area contributed by atoms with Crippen LogP contribution in [-0.2, 0) is 14.8 Å². The molecule has 1 saturated heterocycles. The van der Waals surface area contributed by atoms with Gasteiger partial charge in [0, 0.05) is 24.3 Å². The van der Waals surface area contributed by atoms with Crippen molar-refractivity contribution in [3.8, 4) is 0 Å². The van der Waals surface area contributed by atoms with Crippen molar-refractivity contribution in [3.05, 3.63) is 60.6 Å². The van der Waals surface area contributed by atoms with E-state index < -0.39 is 34.1 Å². The lowest BCUT2D eigenvalue weighted by Crippen LogP contribution is -2.46. The summed E-state index contributed by atoms with van der Waals surface area (Å²) in [5, 5.41) is 13.1. The van der Waals surface area contributed by atoms with Gasteiger partial charge in [0.05, 0.1) is 22.1 Å². The molecule has 0 radical (unpaired) electrons. The Morgan fingerprint density at radius 3 is 2.61 bits per heavy atom. The molecule has 1 unspecified atom stereocenters. The molecule has 1 aromatic carbocycles. The second-order valence-electron chi connectivity index (χ2n) is 8.95. The number of pyridine rings is 1. The van der Waals surface area contributed by atoms with Crippen LogP contribution in [0.1, 0.15) is 37.9 Å². The van der Waals surface area contributed by atoms with Gasteiger partial charge in [-0.25, -0.2) is 17.2 Å². The van der Waals surface area contributed by atoms with E-state index in [1.54, 1.807) is 43.5 Å². The topological polar surface area (TPSA) is 122 Å². The number of amides is 2. The van der Waals surface area contributed by atoms with Crippen LogP contribution in [0, 0.1) is 5.41 Å². The minimum atomic E-state index is -3.95. The van der Waals surface area contributed by atoms with Crippen molar-refractivity contribution in [2.45, 2.75) is 43.2 Å². The Kier molecular flexibility index (Phi) is 4.93. The van der Waals surface area contributed by atoms with E-state index in [4.69, 9.17) is 0 Å². The molecule has 2 aliphatic rings. The number of fused-ring (bicyclic) bond motifs is 1. The molecular weight excluding hydrogens is 444 g/mol. The number of carbonyl (C=O) groups excluding carboxylic acids is 1. The van der Waals surface area contributed by atoms with Gasteiger partial charge in [-0.2, -0.15) is 0 Å². The van der Waals surface area contributed by atoms with Gasteiger partial charge in [-0.15, -0.1) is 0 Å². The van der Waals surface area contributed by atoms with Crippen LogP contribution < -0.4 is 5.32 Å². The number of carboxylic acid groups (broad SMARTS) is 1. The van der Waals surface area contributed by atoms with Crippen molar-refractivity contribution >= 4 is 32.9 Å². The molecule has 33 heavy (non-hydrogen) atoms. The van der Waals surface area contributed by atoms with Crippen LogP contribution >= 0.6 is 0 Å². The van der Waals surface area contributed by atoms with Crippen molar-refractivity contribution in [1.82, 2.24) is 19.2 Å². The lowest BCUT2D eigenvalue weighted by molar-refractivity contribution is -0.125. The molecule has 5 rings (SSSR count). The summed E-state index contributed by atoms with van der Waals surface area (Å²) in [6.07, 6.45) is 4.32. The largest absolute Gasteiger partial charge is 0.465 e. The first-order valence-corrected chi connectivity index (χ1v) is 12.2. The lowest BCUT2D eigenvalue weighted by Gasteiger charge is -2.24. The SMILES string of the molecule is C[C@@H](NC(=O)C1CC2(CC2)CN1C(=O)O)c1cc2cnccc2n1S(=O)(=O)c1ccccc1. The maximum atomic E-state index is 13.6. The van der Waals surface area contributed by atoms with Gasteiger partial charge >= 0.3 is 6.09 Å². The Morgan fingerprint density at radius 1 is 1.21 bits per heavy atom. The molecule has 3 heterocycles. The second kappa shape index (κ2) is 7.58. The number of nitrogens with zero attached hydrogens (tertiary/aromatic N) is 3. The van der Waals surface area contributed by atoms with Gasteiger partial charge in [0.2, 0.25) is 5.91 Å². The summed E-state index contributed by atoms with van der Waals surface area (Å²) in [7, 11) is -3.95. The van der Waals surface area contributed by atoms with E-state index in [2.05, 4.69) is 10.3 Å². The first-order chi connectivity index (χ1) is 15.7. The quantitative estimate of drug-likeness (QED) is 0.594. The summed E-state index contributed by atoms with van der Waals surface area (Å²) in [6.45, 7) is 2.06. The van der Waals surface area contributed by atoms with Crippen molar-refractivity contribution in [2.75, 3.05) is 6.54 Å². The zero-order valence-electron chi connectivity index (χ0n) is 18.0. The Bertz CT molecular complexity index is 1350. The summed E-state index contributed by atoms with van der Waals surface area (Å²) in [6, 6.07) is 9.93. The molecule has 172 valence electrons. The fraction of sp³-hybridized carbons (Fsp3) is 0.348. The Hall–Kier alpha value is -3.40. The molecule has 2 fully saturated rings. The summed E-state index contributed by atoms with van der Waals surface area (Å²) in [4.78, 5) is 30.2. The van der Waals surface area contributed by atoms with Gasteiger partial charge in [-0.1, -0.05) is 18.2 Å². The first kappa shape index (κ1) is 21.4. The van der Waals surface area contributed by atoms with Crippen LogP contribution in [-0.4, -0.2) is 52.0 Å². The molecule has 2 atom stereocenters. The van der Waals surface area contributed by atoms with E-state index in [9.17, 15) is 23.1 Å². The third-order valence-corrected chi connectivity index (χ3v) is 8.44. The van der Waals surface area contributed by atoms with E-state index >= 15 is 0 Å². The number of hydrogen-bond donors (Lipinski definition) is 2. The van der Waals surface area contributed by atoms with Gasteiger partial charge < -0.3 is 10.4 Å². The Morgan fingerprint density at radius 2 is 1.94 bits per heavy atom. The molecule has 3 aromatic rings. The zero-order chi connectivity index (χ0) is 23.4. The van der Waals surface area contributed by atoms with Crippen molar-refractivity contribution in [3.63, 3.8) is 0 Å². The van der Waals surface area contributed by atoms with E-state index in [0.29, 0.717) is 29.6 Å². The Balaban J connectivity index is 1.51. The summed E-state index contributed by atoms with van der Waals surface area (Å²) >= 11 is 0. The van der Waals surface area contributed by atoms with Crippen LogP contribution in [0.25, 0.3) is 10.9 Å². The molecular formula is C23H24N4O5S. The monoisotopic (exact) mass is 468 g/mol. The van der Waals surface area contributed by atoms with Gasteiger partial charge in [0.25, 0.3) is 10.0 Å². The number of rotatable bonds is 5. The summed E-state index contributed by atoms with van der Waals surface area (Å²) < 4.78 is 28.3. The summed E-state index contributed by atoms with van der Waals surface area (Å²) in [5.74, 6) is -0.416. The highest BCUT2D eigenvalue weighted by atomic mass is 32.2. The molecule has 1 saturated carbocycles. The first-order valence-electron chi connectivity index (χ1n) is 10.8. The lowest BCUT2D eigenvalue weighted by atomic mass is 10.0. The average molecular weight is 469 g/mol. The number of aromatic nitrogens is 2. The molecule has 1 spiro atoms. The van der Waals surface area contributed by atoms with Crippen LogP contribution in [0.5, 0.6) is 0 Å². The molecule has 2 amide bonds. The number of carbonyl (C=O) groups is 2. The number of benzene rings is 1. The minimum absolute atomic E-state index is 0.0825. The molecule has 1 aliphatic heterocycles. The average Bonchev–Trinajstić information content (AvgIpc) is 3.26. The highest BCUT2D eigenvalue weighted by Crippen LogP contribution is 2.54. The van der Waals surface area contributed by atoms with E-state index in [1.165, 1.54) is 27.2 Å². The van der Waals surface area contributed by atoms with Gasteiger partial charge in [-0.3, -0.25) is 14.7 Å². The number of likely N-dealkylation sites (tertiary alicyclic amines) is 1. The Labute approximate surface area is 191 Å².